The summed E-state index contributed by atoms with van der Waals surface area (Å²) in [6, 6.07) is 17.0. The number of ether oxygens (including phenoxy) is 2. The third-order valence-corrected chi connectivity index (χ3v) is 5.92. The molecule has 5 nitrogen and oxygen atoms in total. The number of aryl methyl sites for hydroxylation is 1. The summed E-state index contributed by atoms with van der Waals surface area (Å²) >= 11 is 0. The molecule has 0 atom stereocenters. The van der Waals surface area contributed by atoms with Gasteiger partial charge in [-0.15, -0.1) is 0 Å². The third kappa shape index (κ3) is 5.30. The Labute approximate surface area is 174 Å². The van der Waals surface area contributed by atoms with E-state index in [1.165, 1.54) is 16.7 Å². The minimum absolute atomic E-state index is 0.0312. The Hall–Kier alpha value is -2.53. The average molecular weight is 396 g/mol. The summed E-state index contributed by atoms with van der Waals surface area (Å²) in [7, 11) is 3.53. The van der Waals surface area contributed by atoms with Gasteiger partial charge in [-0.25, -0.2) is 0 Å². The topological polar surface area (TPSA) is 54.9 Å². The Morgan fingerprint density at radius 3 is 2.34 bits per heavy atom. The average Bonchev–Trinajstić information content (AvgIpc) is 2.80. The lowest BCUT2D eigenvalue weighted by molar-refractivity contribution is 0.0513. The fourth-order valence-electron chi connectivity index (χ4n) is 4.00. The smallest absolute Gasteiger partial charge is 0.191 e. The Balaban J connectivity index is 1.67. The third-order valence-electron chi connectivity index (χ3n) is 5.92. The van der Waals surface area contributed by atoms with Crippen molar-refractivity contribution >= 4 is 5.96 Å². The highest BCUT2D eigenvalue weighted by Crippen LogP contribution is 2.35. The molecule has 5 heteroatoms. The first-order valence-corrected chi connectivity index (χ1v) is 10.4. The summed E-state index contributed by atoms with van der Waals surface area (Å²) in [5, 5.41) is 7.04. The second kappa shape index (κ2) is 10.3. The van der Waals surface area contributed by atoms with Crippen LogP contribution < -0.4 is 15.4 Å². The second-order valence-electron chi connectivity index (χ2n) is 7.52. The van der Waals surface area contributed by atoms with Crippen molar-refractivity contribution in [1.82, 2.24) is 10.6 Å². The van der Waals surface area contributed by atoms with E-state index in [0.29, 0.717) is 0 Å². The lowest BCUT2D eigenvalue weighted by Gasteiger charge is -2.38. The van der Waals surface area contributed by atoms with E-state index in [0.717, 1.165) is 57.3 Å². The van der Waals surface area contributed by atoms with Crippen molar-refractivity contribution < 1.29 is 9.47 Å². The van der Waals surface area contributed by atoms with Crippen LogP contribution in [-0.4, -0.2) is 39.9 Å². The van der Waals surface area contributed by atoms with Gasteiger partial charge >= 0.3 is 0 Å². The van der Waals surface area contributed by atoms with Gasteiger partial charge in [-0.2, -0.15) is 0 Å². The van der Waals surface area contributed by atoms with Crippen LogP contribution in [0, 0.1) is 0 Å². The molecule has 156 valence electrons. The zero-order valence-corrected chi connectivity index (χ0v) is 17.8. The second-order valence-corrected chi connectivity index (χ2v) is 7.52. The van der Waals surface area contributed by atoms with Crippen LogP contribution in [0.1, 0.15) is 36.5 Å². The van der Waals surface area contributed by atoms with E-state index in [2.05, 4.69) is 58.9 Å². The van der Waals surface area contributed by atoms with Crippen LogP contribution in [0.5, 0.6) is 5.75 Å². The Morgan fingerprint density at radius 1 is 1.03 bits per heavy atom. The number of methoxy groups -OCH3 is 1. The number of nitrogens with zero attached hydrogens (tertiary/aromatic N) is 1. The largest absolute Gasteiger partial charge is 0.497 e. The molecule has 0 unspecified atom stereocenters. The maximum Gasteiger partial charge on any atom is 0.191 e. The fourth-order valence-corrected chi connectivity index (χ4v) is 4.00. The number of hydrogen-bond acceptors (Lipinski definition) is 3. The van der Waals surface area contributed by atoms with Crippen LogP contribution in [-0.2, 0) is 23.1 Å². The lowest BCUT2D eigenvalue weighted by atomic mass is 9.74. The van der Waals surface area contributed by atoms with E-state index < -0.39 is 0 Å². The van der Waals surface area contributed by atoms with Gasteiger partial charge in [0, 0.05) is 38.8 Å². The SMILES string of the molecule is CCc1ccccc1CNC(=NC)NCC1(c2ccc(OC)cc2)CCOCC1. The van der Waals surface area contributed by atoms with E-state index in [1.54, 1.807) is 7.11 Å². The first-order chi connectivity index (χ1) is 14.2. The van der Waals surface area contributed by atoms with E-state index in [9.17, 15) is 0 Å². The summed E-state index contributed by atoms with van der Waals surface area (Å²) < 4.78 is 11.0. The van der Waals surface area contributed by atoms with Crippen molar-refractivity contribution in [3.8, 4) is 5.75 Å². The number of hydrogen-bond donors (Lipinski definition) is 2. The van der Waals surface area contributed by atoms with E-state index in [-0.39, 0.29) is 5.41 Å². The van der Waals surface area contributed by atoms with Gasteiger partial charge in [0.05, 0.1) is 7.11 Å². The number of aliphatic imine (C=N–C) groups is 1. The minimum atomic E-state index is 0.0312. The molecule has 1 aliphatic heterocycles. The fraction of sp³-hybridized carbons (Fsp3) is 0.458. The predicted molar refractivity (Wildman–Crippen MR) is 119 cm³/mol. The van der Waals surface area contributed by atoms with Crippen molar-refractivity contribution in [2.45, 2.75) is 38.1 Å². The first kappa shape index (κ1) is 21.2. The standard InChI is InChI=1S/C24H33N3O2/c1-4-19-7-5-6-8-20(19)17-26-23(25-2)27-18-24(13-15-29-16-14-24)21-9-11-22(28-3)12-10-21/h5-12H,4,13-18H2,1-3H3,(H2,25,26,27). The highest BCUT2D eigenvalue weighted by molar-refractivity contribution is 5.79. The predicted octanol–water partition coefficient (Wildman–Crippen LogP) is 3.67. The number of guanidine groups is 1. The Morgan fingerprint density at radius 2 is 1.72 bits per heavy atom. The molecule has 1 aliphatic rings. The molecule has 1 heterocycles. The van der Waals surface area contributed by atoms with Crippen molar-refractivity contribution in [3.05, 3.63) is 65.2 Å². The molecule has 0 saturated carbocycles. The van der Waals surface area contributed by atoms with Crippen LogP contribution in [0.3, 0.4) is 0 Å². The summed E-state index contributed by atoms with van der Waals surface area (Å²) in [6.07, 6.45) is 3.01. The minimum Gasteiger partial charge on any atom is -0.497 e. The van der Waals surface area contributed by atoms with Gasteiger partial charge in [0.25, 0.3) is 0 Å². The normalized spacial score (nSPS) is 16.3. The van der Waals surface area contributed by atoms with Crippen LogP contribution >= 0.6 is 0 Å². The highest BCUT2D eigenvalue weighted by atomic mass is 16.5. The molecular formula is C24H33N3O2. The molecule has 0 amide bonds. The molecule has 0 radical (unpaired) electrons. The van der Waals surface area contributed by atoms with E-state index in [1.807, 2.05) is 19.2 Å². The Kier molecular flexibility index (Phi) is 7.53. The molecule has 0 bridgehead atoms. The maximum atomic E-state index is 5.66. The first-order valence-electron chi connectivity index (χ1n) is 10.4. The molecule has 2 N–H and O–H groups in total. The van der Waals surface area contributed by atoms with Crippen molar-refractivity contribution in [3.63, 3.8) is 0 Å². The van der Waals surface area contributed by atoms with Crippen LogP contribution in [0.25, 0.3) is 0 Å². The van der Waals surface area contributed by atoms with Crippen LogP contribution in [0.4, 0.5) is 0 Å². The quantitative estimate of drug-likeness (QED) is 0.555. The summed E-state index contributed by atoms with van der Waals surface area (Å²) in [6.45, 7) is 5.34. The van der Waals surface area contributed by atoms with Crippen LogP contribution in [0.2, 0.25) is 0 Å². The van der Waals surface area contributed by atoms with Gasteiger partial charge in [0.15, 0.2) is 5.96 Å². The van der Waals surface area contributed by atoms with Crippen molar-refractivity contribution in [2.75, 3.05) is 33.9 Å². The zero-order valence-electron chi connectivity index (χ0n) is 17.8. The van der Waals surface area contributed by atoms with Gasteiger partial charge < -0.3 is 20.1 Å². The molecule has 0 spiro atoms. The zero-order chi connectivity index (χ0) is 20.5. The highest BCUT2D eigenvalue weighted by Gasteiger charge is 2.34. The molecule has 0 aromatic heterocycles. The van der Waals surface area contributed by atoms with Crippen molar-refractivity contribution in [2.24, 2.45) is 4.99 Å². The number of benzene rings is 2. The van der Waals surface area contributed by atoms with Gasteiger partial charge in [-0.1, -0.05) is 43.3 Å². The monoisotopic (exact) mass is 395 g/mol. The molecule has 0 aliphatic carbocycles. The molecule has 3 rings (SSSR count). The van der Waals surface area contributed by atoms with Crippen molar-refractivity contribution in [1.29, 1.82) is 0 Å². The molecule has 1 saturated heterocycles. The van der Waals surface area contributed by atoms with Gasteiger partial charge in [0.1, 0.15) is 5.75 Å². The molecule has 2 aromatic rings. The summed E-state index contributed by atoms with van der Waals surface area (Å²) in [4.78, 5) is 4.44. The van der Waals surface area contributed by atoms with Gasteiger partial charge in [-0.05, 0) is 48.1 Å². The molecule has 29 heavy (non-hydrogen) atoms. The maximum absolute atomic E-state index is 5.66. The number of nitrogens with one attached hydrogen (secondary N) is 2. The summed E-state index contributed by atoms with van der Waals surface area (Å²) in [5.41, 5.74) is 4.04. The van der Waals surface area contributed by atoms with Gasteiger partial charge in [-0.3, -0.25) is 4.99 Å². The number of rotatable bonds is 7. The van der Waals surface area contributed by atoms with E-state index in [4.69, 9.17) is 9.47 Å². The summed E-state index contributed by atoms with van der Waals surface area (Å²) in [5.74, 6) is 1.71. The lowest BCUT2D eigenvalue weighted by Crippen LogP contribution is -2.48. The Bertz CT molecular complexity index is 796. The van der Waals surface area contributed by atoms with Gasteiger partial charge in [0.2, 0.25) is 0 Å². The molecular weight excluding hydrogens is 362 g/mol. The van der Waals surface area contributed by atoms with Crippen LogP contribution in [0.15, 0.2) is 53.5 Å². The van der Waals surface area contributed by atoms with E-state index >= 15 is 0 Å². The molecule has 2 aromatic carbocycles. The molecule has 1 fully saturated rings.